The summed E-state index contributed by atoms with van der Waals surface area (Å²) in [6, 6.07) is 1.40. The fraction of sp³-hybridized carbons (Fsp3) is 1.00. The molecule has 2 fully saturated rings. The van der Waals surface area contributed by atoms with E-state index in [1.165, 1.54) is 58.2 Å². The largest absolute Gasteiger partial charge is 0.311 e. The van der Waals surface area contributed by atoms with E-state index < -0.39 is 0 Å². The van der Waals surface area contributed by atoms with Crippen molar-refractivity contribution < 1.29 is 0 Å². The van der Waals surface area contributed by atoms with Gasteiger partial charge in [-0.3, -0.25) is 4.90 Å². The molecule has 1 aliphatic carbocycles. The second-order valence-corrected chi connectivity index (χ2v) is 8.48. The lowest BCUT2D eigenvalue weighted by atomic mass is 9.77. The molecule has 1 aliphatic heterocycles. The molecule has 3 atom stereocenters. The molecule has 2 aliphatic rings. The van der Waals surface area contributed by atoms with Crippen molar-refractivity contribution in [1.82, 2.24) is 10.2 Å². The second kappa shape index (κ2) is 7.46. The van der Waals surface area contributed by atoms with Crippen molar-refractivity contribution in [2.45, 2.75) is 85.2 Å². The molecule has 1 heterocycles. The zero-order valence-corrected chi connectivity index (χ0v) is 15.1. The van der Waals surface area contributed by atoms with Crippen molar-refractivity contribution in [1.29, 1.82) is 0 Å². The Labute approximate surface area is 133 Å². The van der Waals surface area contributed by atoms with Crippen LogP contribution in [0.4, 0.5) is 0 Å². The number of rotatable bonds is 6. The molecule has 0 radical (unpaired) electrons. The molecule has 0 aromatic heterocycles. The lowest BCUT2D eigenvalue weighted by Gasteiger charge is -2.45. The van der Waals surface area contributed by atoms with Crippen LogP contribution >= 0.6 is 0 Å². The summed E-state index contributed by atoms with van der Waals surface area (Å²) < 4.78 is 0. The molecule has 1 saturated carbocycles. The Morgan fingerprint density at radius 1 is 1.19 bits per heavy atom. The van der Waals surface area contributed by atoms with Crippen molar-refractivity contribution in [3.05, 3.63) is 0 Å². The first-order valence-corrected chi connectivity index (χ1v) is 9.43. The standard InChI is InChI=1S/C19H38N2/c1-6-16(4)18-13-21(17(5)12-20-18)14-19(11-15(2)3)9-7-8-10-19/h15-18,20H,6-14H2,1-5H3. The van der Waals surface area contributed by atoms with Crippen LogP contribution in [0.25, 0.3) is 0 Å². The second-order valence-electron chi connectivity index (χ2n) is 8.48. The zero-order valence-electron chi connectivity index (χ0n) is 15.1. The molecule has 0 aromatic rings. The average Bonchev–Trinajstić information content (AvgIpc) is 2.87. The number of nitrogens with one attached hydrogen (secondary N) is 1. The van der Waals surface area contributed by atoms with Crippen LogP contribution < -0.4 is 5.32 Å². The van der Waals surface area contributed by atoms with Crippen LogP contribution in [0.1, 0.15) is 73.1 Å². The molecule has 0 aromatic carbocycles. The summed E-state index contributed by atoms with van der Waals surface area (Å²) in [6.07, 6.45) is 8.57. The number of nitrogens with zero attached hydrogens (tertiary/aromatic N) is 1. The van der Waals surface area contributed by atoms with Gasteiger partial charge in [0.1, 0.15) is 0 Å². The molecular weight excluding hydrogens is 256 g/mol. The third-order valence-corrected chi connectivity index (χ3v) is 6.10. The molecule has 0 spiro atoms. The van der Waals surface area contributed by atoms with E-state index >= 15 is 0 Å². The molecule has 2 rings (SSSR count). The predicted octanol–water partition coefficient (Wildman–Crippen LogP) is 4.30. The molecule has 21 heavy (non-hydrogen) atoms. The van der Waals surface area contributed by atoms with Crippen LogP contribution in [0.3, 0.4) is 0 Å². The molecule has 124 valence electrons. The third kappa shape index (κ3) is 4.45. The van der Waals surface area contributed by atoms with E-state index in [-0.39, 0.29) is 0 Å². The minimum Gasteiger partial charge on any atom is -0.311 e. The van der Waals surface area contributed by atoms with Crippen LogP contribution in [0.15, 0.2) is 0 Å². The maximum Gasteiger partial charge on any atom is 0.0221 e. The minimum absolute atomic E-state index is 0.625. The van der Waals surface area contributed by atoms with E-state index in [9.17, 15) is 0 Å². The molecular formula is C19H38N2. The first kappa shape index (κ1) is 17.3. The Bertz CT molecular complexity index is 307. The highest BCUT2D eigenvalue weighted by Crippen LogP contribution is 2.44. The molecule has 2 heteroatoms. The molecule has 2 nitrogen and oxygen atoms in total. The lowest BCUT2D eigenvalue weighted by Crippen LogP contribution is -2.59. The van der Waals surface area contributed by atoms with Gasteiger partial charge in [0.05, 0.1) is 0 Å². The maximum atomic E-state index is 3.79. The fourth-order valence-electron chi connectivity index (χ4n) is 4.68. The van der Waals surface area contributed by atoms with Crippen molar-refractivity contribution in [2.75, 3.05) is 19.6 Å². The third-order valence-electron chi connectivity index (χ3n) is 6.10. The molecule has 1 N–H and O–H groups in total. The van der Waals surface area contributed by atoms with E-state index in [4.69, 9.17) is 0 Å². The van der Waals surface area contributed by atoms with Crippen LogP contribution in [0.2, 0.25) is 0 Å². The molecule has 0 bridgehead atoms. The zero-order chi connectivity index (χ0) is 15.5. The first-order valence-electron chi connectivity index (χ1n) is 9.43. The first-order chi connectivity index (χ1) is 9.96. The predicted molar refractivity (Wildman–Crippen MR) is 92.6 cm³/mol. The smallest absolute Gasteiger partial charge is 0.0221 e. The number of piperazine rings is 1. The Morgan fingerprint density at radius 3 is 2.43 bits per heavy atom. The van der Waals surface area contributed by atoms with Gasteiger partial charge in [0.15, 0.2) is 0 Å². The summed E-state index contributed by atoms with van der Waals surface area (Å²) in [5.41, 5.74) is 0.625. The molecule has 1 saturated heterocycles. The SMILES string of the molecule is CCC(C)C1CN(CC2(CC(C)C)CCCC2)C(C)CN1. The van der Waals surface area contributed by atoms with Gasteiger partial charge in [-0.25, -0.2) is 0 Å². The van der Waals surface area contributed by atoms with Gasteiger partial charge in [0.2, 0.25) is 0 Å². The van der Waals surface area contributed by atoms with E-state index in [0.717, 1.165) is 11.8 Å². The van der Waals surface area contributed by atoms with Gasteiger partial charge < -0.3 is 5.32 Å². The fourth-order valence-corrected chi connectivity index (χ4v) is 4.68. The Morgan fingerprint density at radius 2 is 1.86 bits per heavy atom. The van der Waals surface area contributed by atoms with Crippen molar-refractivity contribution in [3.8, 4) is 0 Å². The summed E-state index contributed by atoms with van der Waals surface area (Å²) in [7, 11) is 0. The maximum absolute atomic E-state index is 3.79. The van der Waals surface area contributed by atoms with Crippen molar-refractivity contribution in [3.63, 3.8) is 0 Å². The summed E-state index contributed by atoms with van der Waals surface area (Å²) in [6.45, 7) is 15.7. The highest BCUT2D eigenvalue weighted by atomic mass is 15.2. The highest BCUT2D eigenvalue weighted by Gasteiger charge is 2.38. The van der Waals surface area contributed by atoms with Gasteiger partial charge in [0.25, 0.3) is 0 Å². The van der Waals surface area contributed by atoms with E-state index in [2.05, 4.69) is 44.8 Å². The highest BCUT2D eigenvalue weighted by molar-refractivity contribution is 4.93. The minimum atomic E-state index is 0.625. The van der Waals surface area contributed by atoms with Gasteiger partial charge in [-0.15, -0.1) is 0 Å². The van der Waals surface area contributed by atoms with E-state index in [1.54, 1.807) is 0 Å². The summed E-state index contributed by atoms with van der Waals surface area (Å²) in [5, 5.41) is 3.79. The van der Waals surface area contributed by atoms with Gasteiger partial charge in [-0.05, 0) is 43.4 Å². The van der Waals surface area contributed by atoms with Gasteiger partial charge in [-0.2, -0.15) is 0 Å². The van der Waals surface area contributed by atoms with Crippen LogP contribution in [0.5, 0.6) is 0 Å². The molecule has 3 unspecified atom stereocenters. The quantitative estimate of drug-likeness (QED) is 0.785. The monoisotopic (exact) mass is 294 g/mol. The summed E-state index contributed by atoms with van der Waals surface area (Å²) >= 11 is 0. The van der Waals surface area contributed by atoms with E-state index in [1.807, 2.05) is 0 Å². The van der Waals surface area contributed by atoms with Gasteiger partial charge >= 0.3 is 0 Å². The Balaban J connectivity index is 2.00. The van der Waals surface area contributed by atoms with Crippen molar-refractivity contribution >= 4 is 0 Å². The van der Waals surface area contributed by atoms with Crippen LogP contribution in [0, 0.1) is 17.3 Å². The summed E-state index contributed by atoms with van der Waals surface area (Å²) in [5.74, 6) is 1.64. The Hall–Kier alpha value is -0.0800. The Kier molecular flexibility index (Phi) is 6.14. The number of hydrogen-bond donors (Lipinski definition) is 1. The topological polar surface area (TPSA) is 15.3 Å². The van der Waals surface area contributed by atoms with Gasteiger partial charge in [0, 0.05) is 31.7 Å². The number of hydrogen-bond acceptors (Lipinski definition) is 2. The van der Waals surface area contributed by atoms with Crippen LogP contribution in [-0.2, 0) is 0 Å². The van der Waals surface area contributed by atoms with E-state index in [0.29, 0.717) is 17.5 Å². The summed E-state index contributed by atoms with van der Waals surface area (Å²) in [4.78, 5) is 2.82. The van der Waals surface area contributed by atoms with Crippen LogP contribution in [-0.4, -0.2) is 36.6 Å². The van der Waals surface area contributed by atoms with Gasteiger partial charge in [-0.1, -0.05) is 47.0 Å². The average molecular weight is 295 g/mol. The van der Waals surface area contributed by atoms with Crippen molar-refractivity contribution in [2.24, 2.45) is 17.3 Å². The normalized spacial score (nSPS) is 31.7. The molecule has 0 amide bonds. The lowest BCUT2D eigenvalue weighted by molar-refractivity contribution is 0.0569.